The van der Waals surface area contributed by atoms with Gasteiger partial charge in [-0.1, -0.05) is 0 Å². The lowest BCUT2D eigenvalue weighted by atomic mass is 10.0. The molecule has 19 heavy (non-hydrogen) atoms. The highest BCUT2D eigenvalue weighted by molar-refractivity contribution is 5.68. The van der Waals surface area contributed by atoms with Crippen LogP contribution in [-0.2, 0) is 9.47 Å². The molecule has 0 unspecified atom stereocenters. The minimum atomic E-state index is -0.729. The van der Waals surface area contributed by atoms with E-state index in [9.17, 15) is 4.79 Å². The average molecular weight is 274 g/mol. The fourth-order valence-electron chi connectivity index (χ4n) is 1.21. The van der Waals surface area contributed by atoms with Gasteiger partial charge < -0.3 is 15.2 Å². The number of nitrogens with zero attached hydrogens (tertiary/aromatic N) is 1. The quantitative estimate of drug-likeness (QED) is 0.783. The number of rotatable bonds is 5. The molecule has 114 valence electrons. The van der Waals surface area contributed by atoms with E-state index >= 15 is 0 Å². The van der Waals surface area contributed by atoms with Gasteiger partial charge in [0.1, 0.15) is 11.3 Å². The Balaban J connectivity index is 4.43. The second-order valence-corrected chi connectivity index (χ2v) is 7.07. The number of hydrogen-bond acceptors (Lipinski definition) is 4. The third-order valence-corrected chi connectivity index (χ3v) is 2.68. The molecule has 0 aliphatic heterocycles. The first-order chi connectivity index (χ1) is 8.25. The van der Waals surface area contributed by atoms with Crippen molar-refractivity contribution < 1.29 is 14.3 Å². The van der Waals surface area contributed by atoms with Crippen LogP contribution >= 0.6 is 0 Å². The maximum absolute atomic E-state index is 12.0. The molecule has 2 N–H and O–H groups in total. The molecule has 0 aliphatic carbocycles. The minimum absolute atomic E-state index is 0.277. The summed E-state index contributed by atoms with van der Waals surface area (Å²) >= 11 is 0. The zero-order valence-electron chi connectivity index (χ0n) is 13.7. The van der Waals surface area contributed by atoms with Crippen LogP contribution in [0.4, 0.5) is 4.79 Å². The first kappa shape index (κ1) is 18.2. The van der Waals surface area contributed by atoms with Gasteiger partial charge in [-0.2, -0.15) is 0 Å². The maximum atomic E-state index is 12.0. The van der Waals surface area contributed by atoms with Crippen LogP contribution < -0.4 is 5.73 Å². The topological polar surface area (TPSA) is 64.8 Å². The number of carbonyl (C=O) groups excluding carboxylic acids is 1. The summed E-state index contributed by atoms with van der Waals surface area (Å²) < 4.78 is 11.1. The van der Waals surface area contributed by atoms with Gasteiger partial charge in [-0.25, -0.2) is 4.79 Å². The Morgan fingerprint density at radius 2 is 1.58 bits per heavy atom. The van der Waals surface area contributed by atoms with E-state index in [0.29, 0.717) is 6.61 Å². The van der Waals surface area contributed by atoms with Crippen molar-refractivity contribution in [3.63, 3.8) is 0 Å². The summed E-state index contributed by atoms with van der Waals surface area (Å²) in [6.07, 6.45) is 0.322. The fraction of sp³-hybridized carbons (Fsp3) is 0.929. The van der Waals surface area contributed by atoms with Crippen LogP contribution in [0.2, 0.25) is 0 Å². The monoisotopic (exact) mass is 274 g/mol. The van der Waals surface area contributed by atoms with Crippen LogP contribution in [0, 0.1) is 0 Å². The van der Waals surface area contributed by atoms with E-state index < -0.39 is 17.4 Å². The van der Waals surface area contributed by atoms with E-state index in [2.05, 4.69) is 0 Å². The number of carbonyl (C=O) groups is 1. The predicted molar refractivity (Wildman–Crippen MR) is 76.9 cm³/mol. The molecule has 0 aromatic heterocycles. The molecule has 0 aromatic carbocycles. The molecule has 0 spiro atoms. The Labute approximate surface area is 117 Å². The summed E-state index contributed by atoms with van der Waals surface area (Å²) in [7, 11) is 1.67. The van der Waals surface area contributed by atoms with Gasteiger partial charge in [-0.05, 0) is 54.9 Å². The van der Waals surface area contributed by atoms with Gasteiger partial charge in [-0.15, -0.1) is 0 Å². The predicted octanol–water partition coefficient (Wildman–Crippen LogP) is 2.73. The smallest absolute Gasteiger partial charge is 0.412 e. The molecule has 0 aliphatic rings. The molecule has 5 nitrogen and oxygen atoms in total. The van der Waals surface area contributed by atoms with Gasteiger partial charge in [0.15, 0.2) is 0 Å². The second kappa shape index (κ2) is 6.09. The van der Waals surface area contributed by atoms with Crippen LogP contribution in [0.15, 0.2) is 0 Å². The van der Waals surface area contributed by atoms with E-state index in [-0.39, 0.29) is 5.54 Å². The molecule has 0 radical (unpaired) electrons. The standard InChI is InChI=1S/C14H30N2O3/c1-12(2,3)19-11(17)16(8)14(6,7)18-10-9-13(4,5)15/h9-10,15H2,1-8H3. The molecular formula is C14H30N2O3. The van der Waals surface area contributed by atoms with Crippen LogP contribution in [0.25, 0.3) is 0 Å². The molecule has 0 heterocycles. The molecule has 0 rings (SSSR count). The summed E-state index contributed by atoms with van der Waals surface area (Å²) in [4.78, 5) is 13.4. The molecule has 5 heteroatoms. The highest BCUT2D eigenvalue weighted by Crippen LogP contribution is 2.19. The Morgan fingerprint density at radius 1 is 1.11 bits per heavy atom. The van der Waals surface area contributed by atoms with E-state index in [4.69, 9.17) is 15.2 Å². The maximum Gasteiger partial charge on any atom is 0.412 e. The fourth-order valence-corrected chi connectivity index (χ4v) is 1.21. The Kier molecular flexibility index (Phi) is 5.83. The highest BCUT2D eigenvalue weighted by Gasteiger charge is 2.32. The van der Waals surface area contributed by atoms with Gasteiger partial charge in [-0.3, -0.25) is 4.90 Å². The Morgan fingerprint density at radius 3 is 1.95 bits per heavy atom. The zero-order valence-corrected chi connectivity index (χ0v) is 13.7. The summed E-state index contributed by atoms with van der Waals surface area (Å²) in [5.41, 5.74) is 4.38. The number of amides is 1. The Bertz CT molecular complexity index is 301. The molecule has 0 atom stereocenters. The van der Waals surface area contributed by atoms with Crippen molar-refractivity contribution in [3.05, 3.63) is 0 Å². The highest BCUT2D eigenvalue weighted by atomic mass is 16.6. The lowest BCUT2D eigenvalue weighted by Crippen LogP contribution is -2.49. The van der Waals surface area contributed by atoms with E-state index in [1.165, 1.54) is 4.90 Å². The largest absolute Gasteiger partial charge is 0.444 e. The number of ether oxygens (including phenoxy) is 2. The van der Waals surface area contributed by atoms with E-state index in [1.54, 1.807) is 7.05 Å². The van der Waals surface area contributed by atoms with Crippen LogP contribution in [0.3, 0.4) is 0 Å². The first-order valence-corrected chi connectivity index (χ1v) is 6.64. The third kappa shape index (κ3) is 8.06. The summed E-state index contributed by atoms with van der Waals surface area (Å²) in [6, 6.07) is 0. The van der Waals surface area contributed by atoms with Crippen LogP contribution in [-0.4, -0.2) is 41.5 Å². The van der Waals surface area contributed by atoms with Crippen molar-refractivity contribution in [2.45, 2.75) is 71.8 Å². The number of nitrogens with two attached hydrogens (primary N) is 1. The molecule has 1 amide bonds. The second-order valence-electron chi connectivity index (χ2n) is 7.07. The van der Waals surface area contributed by atoms with Crippen LogP contribution in [0.1, 0.15) is 54.9 Å². The van der Waals surface area contributed by atoms with Gasteiger partial charge in [0.25, 0.3) is 0 Å². The van der Waals surface area contributed by atoms with Gasteiger partial charge in [0.2, 0.25) is 0 Å². The first-order valence-electron chi connectivity index (χ1n) is 6.64. The summed E-state index contributed by atoms with van der Waals surface area (Å²) in [6.45, 7) is 13.6. The SMILES string of the molecule is CN(C(=O)OC(C)(C)C)C(C)(C)OCCC(C)(C)N. The van der Waals surface area contributed by atoms with Crippen molar-refractivity contribution >= 4 is 6.09 Å². The van der Waals surface area contributed by atoms with Crippen molar-refractivity contribution in [1.29, 1.82) is 0 Å². The van der Waals surface area contributed by atoms with Gasteiger partial charge in [0.05, 0.1) is 6.61 Å². The Hall–Kier alpha value is -0.810. The average Bonchev–Trinajstić information content (AvgIpc) is 2.11. The van der Waals surface area contributed by atoms with Crippen molar-refractivity contribution in [2.75, 3.05) is 13.7 Å². The van der Waals surface area contributed by atoms with Gasteiger partial charge >= 0.3 is 6.09 Å². The lowest BCUT2D eigenvalue weighted by Gasteiger charge is -2.37. The molecule has 0 fully saturated rings. The zero-order chi connectivity index (χ0) is 15.5. The lowest BCUT2D eigenvalue weighted by molar-refractivity contribution is -0.120. The normalized spacial score (nSPS) is 13.3. The van der Waals surface area contributed by atoms with Crippen LogP contribution in [0.5, 0.6) is 0 Å². The third-order valence-electron chi connectivity index (χ3n) is 2.68. The van der Waals surface area contributed by atoms with E-state index in [0.717, 1.165) is 6.42 Å². The summed E-state index contributed by atoms with van der Waals surface area (Å²) in [5, 5.41) is 0. The minimum Gasteiger partial charge on any atom is -0.444 e. The number of hydrogen-bond donors (Lipinski definition) is 1. The molecule has 0 saturated carbocycles. The molecular weight excluding hydrogens is 244 g/mol. The van der Waals surface area contributed by atoms with Crippen molar-refractivity contribution in [3.8, 4) is 0 Å². The molecule has 0 aromatic rings. The molecule has 0 bridgehead atoms. The summed E-state index contributed by atoms with van der Waals surface area (Å²) in [5.74, 6) is 0. The van der Waals surface area contributed by atoms with Gasteiger partial charge in [0, 0.05) is 12.6 Å². The van der Waals surface area contributed by atoms with Crippen molar-refractivity contribution in [2.24, 2.45) is 5.73 Å². The molecule has 0 saturated heterocycles. The van der Waals surface area contributed by atoms with Crippen molar-refractivity contribution in [1.82, 2.24) is 4.90 Å². The van der Waals surface area contributed by atoms with E-state index in [1.807, 2.05) is 48.5 Å².